The van der Waals surface area contributed by atoms with Crippen LogP contribution in [0.2, 0.25) is 0 Å². The molecule has 4 nitrogen and oxygen atoms in total. The monoisotopic (exact) mass is 369 g/mol. The lowest BCUT2D eigenvalue weighted by Crippen LogP contribution is -2.37. The maximum atomic E-state index is 12.6. The second-order valence-corrected chi connectivity index (χ2v) is 6.67. The molecule has 1 unspecified atom stereocenters. The van der Waals surface area contributed by atoms with Crippen LogP contribution in [0.5, 0.6) is 0 Å². The molecule has 1 aliphatic rings. The number of hydrogen-bond donors (Lipinski definition) is 0. The fraction of sp³-hybridized carbons (Fsp3) is 0.333. The van der Waals surface area contributed by atoms with Crippen molar-refractivity contribution in [3.63, 3.8) is 0 Å². The Kier molecular flexibility index (Phi) is 5.47. The molecule has 0 N–H and O–H groups in total. The van der Waals surface area contributed by atoms with Crippen LogP contribution in [0.3, 0.4) is 0 Å². The SMILES string of the molecule is CCSC1=C(Br)CN(C(C(=O)OC)c2ccccc2)C1=O. The van der Waals surface area contributed by atoms with E-state index >= 15 is 0 Å². The van der Waals surface area contributed by atoms with Crippen LogP contribution < -0.4 is 0 Å². The molecule has 0 aromatic heterocycles. The van der Waals surface area contributed by atoms with Crippen molar-refractivity contribution in [1.82, 2.24) is 4.90 Å². The van der Waals surface area contributed by atoms with Gasteiger partial charge in [-0.2, -0.15) is 0 Å². The average molecular weight is 370 g/mol. The minimum absolute atomic E-state index is 0.132. The topological polar surface area (TPSA) is 46.6 Å². The van der Waals surface area contributed by atoms with Crippen LogP contribution in [0.1, 0.15) is 18.5 Å². The Balaban J connectivity index is 2.33. The van der Waals surface area contributed by atoms with Crippen LogP contribution in [-0.4, -0.2) is 36.2 Å². The Morgan fingerprint density at radius 3 is 2.67 bits per heavy atom. The molecule has 112 valence electrons. The number of thioether (sulfide) groups is 1. The fourth-order valence-corrected chi connectivity index (χ4v) is 3.76. The van der Waals surface area contributed by atoms with Crippen LogP contribution in [0.15, 0.2) is 39.7 Å². The summed E-state index contributed by atoms with van der Waals surface area (Å²) in [7, 11) is 1.34. The normalized spacial score (nSPS) is 16.3. The highest BCUT2D eigenvalue weighted by atomic mass is 79.9. The lowest BCUT2D eigenvalue weighted by molar-refractivity contribution is -0.151. The first-order chi connectivity index (χ1) is 10.1. The number of methoxy groups -OCH3 is 1. The number of amides is 1. The van der Waals surface area contributed by atoms with Gasteiger partial charge < -0.3 is 9.64 Å². The minimum atomic E-state index is -0.716. The zero-order chi connectivity index (χ0) is 15.4. The predicted octanol–water partition coefficient (Wildman–Crippen LogP) is 3.10. The number of halogens is 1. The van der Waals surface area contributed by atoms with E-state index < -0.39 is 12.0 Å². The Bertz CT molecular complexity index is 574. The number of carbonyl (C=O) groups is 2. The van der Waals surface area contributed by atoms with E-state index in [4.69, 9.17) is 4.74 Å². The van der Waals surface area contributed by atoms with Crippen molar-refractivity contribution in [2.24, 2.45) is 0 Å². The third kappa shape index (κ3) is 3.32. The zero-order valence-electron chi connectivity index (χ0n) is 11.8. The zero-order valence-corrected chi connectivity index (χ0v) is 14.2. The third-order valence-electron chi connectivity index (χ3n) is 3.15. The molecule has 0 saturated carbocycles. The predicted molar refractivity (Wildman–Crippen MR) is 87.0 cm³/mol. The van der Waals surface area contributed by atoms with E-state index in [1.54, 1.807) is 4.90 Å². The molecule has 1 heterocycles. The summed E-state index contributed by atoms with van der Waals surface area (Å²) in [5, 5.41) is 0. The van der Waals surface area contributed by atoms with Gasteiger partial charge in [0.25, 0.3) is 5.91 Å². The number of hydrogen-bond acceptors (Lipinski definition) is 4. The van der Waals surface area contributed by atoms with Crippen molar-refractivity contribution < 1.29 is 14.3 Å². The first kappa shape index (κ1) is 16.1. The molecule has 0 fully saturated rings. The second kappa shape index (κ2) is 7.13. The Labute approximate surface area is 136 Å². The highest BCUT2D eigenvalue weighted by molar-refractivity contribution is 9.11. The molecular weight excluding hydrogens is 354 g/mol. The summed E-state index contributed by atoms with van der Waals surface area (Å²) in [5.74, 6) is 0.240. The Morgan fingerprint density at radius 1 is 1.43 bits per heavy atom. The van der Waals surface area contributed by atoms with Gasteiger partial charge in [0.15, 0.2) is 6.04 Å². The van der Waals surface area contributed by atoms with Gasteiger partial charge in [-0.3, -0.25) is 4.79 Å². The van der Waals surface area contributed by atoms with Crippen molar-refractivity contribution in [2.45, 2.75) is 13.0 Å². The van der Waals surface area contributed by atoms with Crippen LogP contribution in [0.25, 0.3) is 0 Å². The number of esters is 1. The lowest BCUT2D eigenvalue weighted by Gasteiger charge is -2.26. The van der Waals surface area contributed by atoms with Crippen LogP contribution in [0, 0.1) is 0 Å². The Hall–Kier alpha value is -1.27. The number of nitrogens with zero attached hydrogens (tertiary/aromatic N) is 1. The molecular formula is C15H16BrNO3S. The van der Waals surface area contributed by atoms with E-state index in [-0.39, 0.29) is 5.91 Å². The van der Waals surface area contributed by atoms with Gasteiger partial charge in [0.1, 0.15) is 0 Å². The van der Waals surface area contributed by atoms with Gasteiger partial charge in [0, 0.05) is 4.48 Å². The van der Waals surface area contributed by atoms with Gasteiger partial charge in [-0.25, -0.2) is 4.79 Å². The standard InChI is InChI=1S/C15H16BrNO3S/c1-3-21-13-11(16)9-17(14(13)18)12(15(19)20-2)10-7-5-4-6-8-10/h4-8,12H,3,9H2,1-2H3. The summed E-state index contributed by atoms with van der Waals surface area (Å²) in [6, 6.07) is 8.50. The molecule has 0 bridgehead atoms. The molecule has 0 spiro atoms. The van der Waals surface area contributed by atoms with Gasteiger partial charge in [0.2, 0.25) is 0 Å². The van der Waals surface area contributed by atoms with E-state index in [1.807, 2.05) is 37.3 Å². The van der Waals surface area contributed by atoms with Gasteiger partial charge in [-0.15, -0.1) is 11.8 Å². The molecule has 0 radical (unpaired) electrons. The van der Waals surface area contributed by atoms with Crippen molar-refractivity contribution >= 4 is 39.6 Å². The smallest absolute Gasteiger partial charge is 0.333 e. The van der Waals surface area contributed by atoms with Crippen LogP contribution in [0.4, 0.5) is 0 Å². The highest BCUT2D eigenvalue weighted by Crippen LogP contribution is 2.37. The quantitative estimate of drug-likeness (QED) is 0.748. The van der Waals surface area contributed by atoms with E-state index in [9.17, 15) is 9.59 Å². The molecule has 1 amide bonds. The minimum Gasteiger partial charge on any atom is -0.467 e. The molecule has 1 aromatic rings. The number of rotatable bonds is 5. The fourth-order valence-electron chi connectivity index (χ4n) is 2.22. The van der Waals surface area contributed by atoms with Crippen molar-refractivity contribution in [3.8, 4) is 0 Å². The first-order valence-corrected chi connectivity index (χ1v) is 8.33. The summed E-state index contributed by atoms with van der Waals surface area (Å²) in [6.45, 7) is 2.37. The van der Waals surface area contributed by atoms with E-state index in [2.05, 4.69) is 15.9 Å². The summed E-state index contributed by atoms with van der Waals surface area (Å²) in [5.41, 5.74) is 0.751. The first-order valence-electron chi connectivity index (χ1n) is 6.55. The molecule has 0 saturated heterocycles. The third-order valence-corrected chi connectivity index (χ3v) is 5.06. The van der Waals surface area contributed by atoms with Crippen molar-refractivity contribution in [2.75, 3.05) is 19.4 Å². The maximum absolute atomic E-state index is 12.6. The number of benzene rings is 1. The molecule has 0 aliphatic carbocycles. The highest BCUT2D eigenvalue weighted by Gasteiger charge is 2.38. The van der Waals surface area contributed by atoms with Crippen LogP contribution >= 0.6 is 27.7 Å². The summed E-state index contributed by atoms with van der Waals surface area (Å²) in [6.07, 6.45) is 0. The van der Waals surface area contributed by atoms with Crippen molar-refractivity contribution in [1.29, 1.82) is 0 Å². The second-order valence-electron chi connectivity index (χ2n) is 4.44. The van der Waals surface area contributed by atoms with Gasteiger partial charge in [-0.1, -0.05) is 53.2 Å². The van der Waals surface area contributed by atoms with Crippen molar-refractivity contribution in [3.05, 3.63) is 45.3 Å². The maximum Gasteiger partial charge on any atom is 0.333 e. The summed E-state index contributed by atoms with van der Waals surface area (Å²) in [4.78, 5) is 26.9. The van der Waals surface area contributed by atoms with E-state index in [0.29, 0.717) is 11.4 Å². The number of ether oxygens (including phenoxy) is 1. The van der Waals surface area contributed by atoms with E-state index in [1.165, 1.54) is 18.9 Å². The molecule has 2 rings (SSSR count). The average Bonchev–Trinajstić information content (AvgIpc) is 2.77. The van der Waals surface area contributed by atoms with Gasteiger partial charge in [-0.05, 0) is 11.3 Å². The largest absolute Gasteiger partial charge is 0.467 e. The summed E-state index contributed by atoms with van der Waals surface area (Å²) >= 11 is 4.92. The summed E-state index contributed by atoms with van der Waals surface area (Å²) < 4.78 is 5.71. The lowest BCUT2D eigenvalue weighted by atomic mass is 10.1. The molecule has 6 heteroatoms. The van der Waals surface area contributed by atoms with Gasteiger partial charge in [0.05, 0.1) is 18.6 Å². The Morgan fingerprint density at radius 2 is 2.10 bits per heavy atom. The molecule has 1 atom stereocenters. The van der Waals surface area contributed by atoms with Gasteiger partial charge >= 0.3 is 5.97 Å². The molecule has 21 heavy (non-hydrogen) atoms. The van der Waals surface area contributed by atoms with E-state index in [0.717, 1.165) is 15.8 Å². The molecule has 1 aliphatic heterocycles. The van der Waals surface area contributed by atoms with Crippen LogP contribution in [-0.2, 0) is 14.3 Å². The molecule has 1 aromatic carbocycles. The number of carbonyl (C=O) groups excluding carboxylic acids is 2.